The van der Waals surface area contributed by atoms with Crippen molar-refractivity contribution in [3.8, 4) is 0 Å². The summed E-state index contributed by atoms with van der Waals surface area (Å²) >= 11 is 0. The second kappa shape index (κ2) is 17.8. The van der Waals surface area contributed by atoms with Crippen LogP contribution in [0.25, 0.3) is 0 Å². The van der Waals surface area contributed by atoms with Gasteiger partial charge in [-0.25, -0.2) is 4.57 Å². The Labute approximate surface area is 129 Å². The van der Waals surface area contributed by atoms with Crippen LogP contribution in [-0.4, -0.2) is 4.89 Å². The van der Waals surface area contributed by atoms with Crippen LogP contribution in [0.2, 0.25) is 0 Å². The molecule has 0 atom stereocenters. The van der Waals surface area contributed by atoms with Crippen molar-refractivity contribution in [3.05, 3.63) is 35.9 Å². The van der Waals surface area contributed by atoms with E-state index in [4.69, 9.17) is 9.46 Å². The maximum absolute atomic E-state index is 8.46. The van der Waals surface area contributed by atoms with Crippen molar-refractivity contribution in [2.45, 2.75) is 58.3 Å². The normalized spacial score (nSPS) is 9.37. The van der Waals surface area contributed by atoms with Crippen molar-refractivity contribution in [2.75, 3.05) is 0 Å². The molecule has 1 N–H and O–H groups in total. The Morgan fingerprint density at radius 1 is 1.05 bits per heavy atom. The molecule has 19 heavy (non-hydrogen) atoms. The Hall–Kier alpha value is -0.226. The molecule has 0 bridgehead atoms. The second-order valence-corrected chi connectivity index (χ2v) is 4.52. The zero-order valence-electron chi connectivity index (χ0n) is 11.6. The molecule has 0 saturated heterocycles. The predicted molar refractivity (Wildman–Crippen MR) is 76.8 cm³/mol. The fourth-order valence-electron chi connectivity index (χ4n) is 1.87. The number of rotatable bonds is 8. The Balaban J connectivity index is 0. The van der Waals surface area contributed by atoms with Crippen LogP contribution >= 0.6 is 8.69 Å². The summed E-state index contributed by atoms with van der Waals surface area (Å²) in [6.45, 7) is 2.27. The standard InChI is InChI=1S/C15H23.Ni.HO2P/c1-2-3-4-5-6-7-9-12-15-13-10-8-11-14-15;;1-3-2/h10-11,13-14H,2-7,9,12H2,1H3;;(H,1,2)/q-1;+2;. The van der Waals surface area contributed by atoms with E-state index in [1.54, 1.807) is 0 Å². The Morgan fingerprint density at radius 3 is 2.05 bits per heavy atom. The Morgan fingerprint density at radius 2 is 1.53 bits per heavy atom. The number of unbranched alkanes of at least 4 members (excludes halogenated alkanes) is 6. The van der Waals surface area contributed by atoms with Crippen molar-refractivity contribution >= 4 is 8.69 Å². The van der Waals surface area contributed by atoms with Crippen LogP contribution in [0.1, 0.15) is 57.4 Å². The summed E-state index contributed by atoms with van der Waals surface area (Å²) in [5.74, 6) is 0. The van der Waals surface area contributed by atoms with Crippen LogP contribution in [0.4, 0.5) is 0 Å². The first-order valence-electron chi connectivity index (χ1n) is 6.76. The van der Waals surface area contributed by atoms with E-state index in [2.05, 4.69) is 25.1 Å². The van der Waals surface area contributed by atoms with Crippen molar-refractivity contribution in [3.63, 3.8) is 0 Å². The van der Waals surface area contributed by atoms with Gasteiger partial charge >= 0.3 is 25.2 Å². The average Bonchev–Trinajstić information content (AvgIpc) is 2.40. The van der Waals surface area contributed by atoms with Gasteiger partial charge in [0.2, 0.25) is 0 Å². The third-order valence-corrected chi connectivity index (χ3v) is 2.86. The molecule has 0 radical (unpaired) electrons. The minimum atomic E-state index is -0.833. The molecule has 0 aliphatic heterocycles. The molecule has 2 nitrogen and oxygen atoms in total. The summed E-state index contributed by atoms with van der Waals surface area (Å²) in [6, 6.07) is 11.4. The summed E-state index contributed by atoms with van der Waals surface area (Å²) in [5.41, 5.74) is 1.46. The molecule has 1 aromatic rings. The van der Waals surface area contributed by atoms with Gasteiger partial charge < -0.3 is 4.89 Å². The number of hydrogen-bond donors (Lipinski definition) is 1. The molecule has 1 aromatic carbocycles. The Bertz CT molecular complexity index is 281. The van der Waals surface area contributed by atoms with Crippen LogP contribution in [0.5, 0.6) is 0 Å². The minimum Gasteiger partial charge on any atom is -0.310 e. The van der Waals surface area contributed by atoms with Gasteiger partial charge in [-0.2, -0.15) is 35.9 Å². The quantitative estimate of drug-likeness (QED) is 0.317. The molecule has 0 saturated carbocycles. The van der Waals surface area contributed by atoms with E-state index < -0.39 is 8.69 Å². The largest absolute Gasteiger partial charge is 2.00 e. The smallest absolute Gasteiger partial charge is 0.310 e. The van der Waals surface area contributed by atoms with E-state index in [-0.39, 0.29) is 16.5 Å². The molecule has 0 unspecified atom stereocenters. The summed E-state index contributed by atoms with van der Waals surface area (Å²) in [7, 11) is -0.833. The first-order valence-corrected chi connectivity index (χ1v) is 7.53. The van der Waals surface area contributed by atoms with E-state index in [1.807, 2.05) is 12.1 Å². The summed E-state index contributed by atoms with van der Waals surface area (Å²) in [6.07, 6.45) is 11.0. The molecule has 0 spiro atoms. The molecule has 0 aromatic heterocycles. The van der Waals surface area contributed by atoms with E-state index in [9.17, 15) is 0 Å². The SMILES string of the molecule is CCCCCCCCCc1cc[c-]cc1.O=PO.[Ni+2]. The molecule has 1 rings (SSSR count). The number of hydrogen-bond acceptors (Lipinski definition) is 1. The summed E-state index contributed by atoms with van der Waals surface area (Å²) in [5, 5.41) is 0. The predicted octanol–water partition coefficient (Wildman–Crippen LogP) is 4.96. The topological polar surface area (TPSA) is 37.3 Å². The van der Waals surface area contributed by atoms with Crippen molar-refractivity contribution in [1.82, 2.24) is 0 Å². The van der Waals surface area contributed by atoms with Crippen LogP contribution in [0.3, 0.4) is 0 Å². The van der Waals surface area contributed by atoms with Gasteiger partial charge in [0.1, 0.15) is 0 Å². The van der Waals surface area contributed by atoms with Crippen LogP contribution in [0.15, 0.2) is 24.3 Å². The van der Waals surface area contributed by atoms with Gasteiger partial charge in [0.05, 0.1) is 0 Å². The first-order chi connectivity index (χ1) is 8.85. The third kappa shape index (κ3) is 15.7. The van der Waals surface area contributed by atoms with E-state index in [0.29, 0.717) is 0 Å². The fraction of sp³-hybridized carbons (Fsp3) is 0.600. The number of aryl methyl sites for hydroxylation is 1. The summed E-state index contributed by atoms with van der Waals surface area (Å²) < 4.78 is 8.46. The zero-order valence-corrected chi connectivity index (χ0v) is 13.5. The van der Waals surface area contributed by atoms with Gasteiger partial charge in [-0.1, -0.05) is 58.3 Å². The van der Waals surface area contributed by atoms with Gasteiger partial charge in [-0.15, -0.1) is 0 Å². The molecule has 0 amide bonds. The minimum absolute atomic E-state index is 0. The molecular formula is C15H24NiO2P+. The van der Waals surface area contributed by atoms with Gasteiger partial charge in [-0.05, 0) is 0 Å². The van der Waals surface area contributed by atoms with Crippen molar-refractivity contribution in [2.24, 2.45) is 0 Å². The third-order valence-electron chi connectivity index (χ3n) is 2.86. The van der Waals surface area contributed by atoms with Gasteiger partial charge in [0.25, 0.3) is 0 Å². The maximum atomic E-state index is 8.46. The molecule has 4 heteroatoms. The molecular weight excluding hydrogens is 302 g/mol. The second-order valence-electron chi connectivity index (χ2n) is 4.36. The molecule has 0 fully saturated rings. The number of benzene rings is 1. The van der Waals surface area contributed by atoms with E-state index >= 15 is 0 Å². The van der Waals surface area contributed by atoms with Crippen LogP contribution < -0.4 is 0 Å². The van der Waals surface area contributed by atoms with Gasteiger partial charge in [0.15, 0.2) is 0 Å². The maximum Gasteiger partial charge on any atom is 2.00 e. The summed E-state index contributed by atoms with van der Waals surface area (Å²) in [4.78, 5) is 6.99. The van der Waals surface area contributed by atoms with E-state index in [1.165, 1.54) is 56.9 Å². The molecule has 0 aliphatic rings. The van der Waals surface area contributed by atoms with Crippen molar-refractivity contribution in [1.29, 1.82) is 0 Å². The van der Waals surface area contributed by atoms with Gasteiger partial charge in [0, 0.05) is 0 Å². The average molecular weight is 326 g/mol. The fourth-order valence-corrected chi connectivity index (χ4v) is 1.87. The monoisotopic (exact) mass is 325 g/mol. The zero-order chi connectivity index (χ0) is 13.5. The molecule has 0 heterocycles. The van der Waals surface area contributed by atoms with Crippen LogP contribution in [-0.2, 0) is 27.5 Å². The molecule has 110 valence electrons. The first kappa shape index (κ1) is 21.1. The van der Waals surface area contributed by atoms with Crippen molar-refractivity contribution < 1.29 is 25.9 Å². The molecule has 0 aliphatic carbocycles. The van der Waals surface area contributed by atoms with E-state index in [0.717, 1.165) is 0 Å². The van der Waals surface area contributed by atoms with Crippen LogP contribution in [0, 0.1) is 6.07 Å². The van der Waals surface area contributed by atoms with Gasteiger partial charge in [-0.3, -0.25) is 0 Å². The Kier molecular flexibility index (Phi) is 19.7.